The highest BCUT2D eigenvalue weighted by atomic mass is 32.2. The highest BCUT2D eigenvalue weighted by molar-refractivity contribution is 7.88. The van der Waals surface area contributed by atoms with E-state index in [0.717, 1.165) is 18.5 Å². The third-order valence-electron chi connectivity index (χ3n) is 3.95. The maximum absolute atomic E-state index is 11.6. The minimum absolute atomic E-state index is 0.188. The van der Waals surface area contributed by atoms with Crippen LogP contribution < -0.4 is 5.32 Å². The predicted molar refractivity (Wildman–Crippen MR) is 87.9 cm³/mol. The number of nitrogens with one attached hydrogen (secondary N) is 1. The van der Waals surface area contributed by atoms with Crippen molar-refractivity contribution in [1.82, 2.24) is 19.3 Å². The number of hydrogen-bond acceptors (Lipinski definition) is 6. The van der Waals surface area contributed by atoms with Crippen LogP contribution in [0.3, 0.4) is 0 Å². The van der Waals surface area contributed by atoms with Gasteiger partial charge in [-0.2, -0.15) is 0 Å². The van der Waals surface area contributed by atoms with Crippen LogP contribution in [0.5, 0.6) is 0 Å². The molecule has 0 amide bonds. The Morgan fingerprint density at radius 1 is 1.09 bits per heavy atom. The highest BCUT2D eigenvalue weighted by Crippen LogP contribution is 2.31. The number of pyridine rings is 1. The molecule has 0 aliphatic carbocycles. The lowest BCUT2D eigenvalue weighted by Gasteiger charge is -2.30. The predicted octanol–water partition coefficient (Wildman–Crippen LogP) is 1.75. The van der Waals surface area contributed by atoms with Crippen LogP contribution in [0.25, 0.3) is 0 Å². The van der Waals surface area contributed by atoms with Gasteiger partial charge in [-0.3, -0.25) is 4.98 Å². The lowest BCUT2D eigenvalue weighted by atomic mass is 9.94. The summed E-state index contributed by atoms with van der Waals surface area (Å²) in [5, 5.41) is 3.19. The summed E-state index contributed by atoms with van der Waals surface area (Å²) >= 11 is 0. The Morgan fingerprint density at radius 2 is 1.83 bits per heavy atom. The molecule has 1 aliphatic rings. The number of aromatic nitrogens is 3. The van der Waals surface area contributed by atoms with Gasteiger partial charge >= 0.3 is 0 Å². The Morgan fingerprint density at radius 3 is 2.48 bits per heavy atom. The maximum atomic E-state index is 11.6. The summed E-state index contributed by atoms with van der Waals surface area (Å²) in [6.45, 7) is 1.03. The third kappa shape index (κ3) is 3.83. The molecule has 0 atom stereocenters. The zero-order valence-electron chi connectivity index (χ0n) is 12.9. The topological polar surface area (TPSA) is 88.1 Å². The Kier molecular flexibility index (Phi) is 4.53. The zero-order valence-corrected chi connectivity index (χ0v) is 13.7. The highest BCUT2D eigenvalue weighted by Gasteiger charge is 2.28. The molecule has 8 heteroatoms. The van der Waals surface area contributed by atoms with Crippen LogP contribution >= 0.6 is 0 Å². The molecule has 7 nitrogen and oxygen atoms in total. The second-order valence-corrected chi connectivity index (χ2v) is 7.55. The molecule has 1 N–H and O–H groups in total. The molecular formula is C15H19N5O2S. The average Bonchev–Trinajstić information content (AvgIpc) is 2.56. The van der Waals surface area contributed by atoms with Crippen molar-refractivity contribution in [2.45, 2.75) is 18.8 Å². The van der Waals surface area contributed by atoms with Gasteiger partial charge in [0, 0.05) is 37.6 Å². The number of anilines is 2. The smallest absolute Gasteiger partial charge is 0.211 e. The van der Waals surface area contributed by atoms with E-state index in [9.17, 15) is 8.42 Å². The van der Waals surface area contributed by atoms with Gasteiger partial charge in [0.25, 0.3) is 0 Å². The summed E-state index contributed by atoms with van der Waals surface area (Å²) in [7, 11) is -3.12. The van der Waals surface area contributed by atoms with Gasteiger partial charge in [0.1, 0.15) is 5.82 Å². The van der Waals surface area contributed by atoms with E-state index in [1.807, 2.05) is 18.2 Å². The van der Waals surface area contributed by atoms with Gasteiger partial charge in [0.05, 0.1) is 11.9 Å². The lowest BCUT2D eigenvalue weighted by molar-refractivity contribution is 0.319. The van der Waals surface area contributed by atoms with Crippen LogP contribution in [0, 0.1) is 0 Å². The Labute approximate surface area is 135 Å². The Hall–Kier alpha value is -2.06. The third-order valence-corrected chi connectivity index (χ3v) is 5.25. The minimum atomic E-state index is -3.12. The number of nitrogens with zero attached hydrogens (tertiary/aromatic N) is 4. The molecule has 1 saturated heterocycles. The van der Waals surface area contributed by atoms with Gasteiger partial charge in [-0.05, 0) is 25.0 Å². The molecule has 122 valence electrons. The van der Waals surface area contributed by atoms with Crippen molar-refractivity contribution in [3.05, 3.63) is 42.5 Å². The molecule has 0 unspecified atom stereocenters. The van der Waals surface area contributed by atoms with Crippen molar-refractivity contribution < 1.29 is 8.42 Å². The molecule has 0 spiro atoms. The minimum Gasteiger partial charge on any atom is -0.323 e. The van der Waals surface area contributed by atoms with Gasteiger partial charge < -0.3 is 5.32 Å². The van der Waals surface area contributed by atoms with Crippen LogP contribution in [0.4, 0.5) is 11.6 Å². The first-order valence-electron chi connectivity index (χ1n) is 7.48. The van der Waals surface area contributed by atoms with E-state index in [1.54, 1.807) is 18.6 Å². The van der Waals surface area contributed by atoms with E-state index in [2.05, 4.69) is 20.3 Å². The Balaban J connectivity index is 1.77. The van der Waals surface area contributed by atoms with Gasteiger partial charge in [0.15, 0.2) is 5.82 Å². The Bertz CT molecular complexity index is 758. The van der Waals surface area contributed by atoms with Gasteiger partial charge in [-0.15, -0.1) is 0 Å². The first kappa shape index (κ1) is 15.8. The van der Waals surface area contributed by atoms with E-state index in [-0.39, 0.29) is 5.92 Å². The van der Waals surface area contributed by atoms with Crippen LogP contribution in [0.2, 0.25) is 0 Å². The number of sulfonamides is 1. The van der Waals surface area contributed by atoms with Crippen LogP contribution in [0.15, 0.2) is 36.8 Å². The van der Waals surface area contributed by atoms with E-state index in [1.165, 1.54) is 10.6 Å². The molecule has 0 bridgehead atoms. The van der Waals surface area contributed by atoms with Crippen molar-refractivity contribution in [2.24, 2.45) is 0 Å². The van der Waals surface area contributed by atoms with Crippen LogP contribution in [-0.4, -0.2) is 47.0 Å². The molecule has 2 aromatic heterocycles. The molecule has 1 aliphatic heterocycles. The first-order valence-corrected chi connectivity index (χ1v) is 9.33. The van der Waals surface area contributed by atoms with Crippen molar-refractivity contribution in [2.75, 3.05) is 24.7 Å². The SMILES string of the molecule is CS(=O)(=O)N1CCC(c2nccnc2Nc2ccccn2)CC1. The number of piperidine rings is 1. The number of hydrogen-bond donors (Lipinski definition) is 1. The van der Waals surface area contributed by atoms with Crippen molar-refractivity contribution in [3.8, 4) is 0 Å². The molecule has 3 rings (SSSR count). The number of rotatable bonds is 4. The largest absolute Gasteiger partial charge is 0.323 e. The van der Waals surface area contributed by atoms with Crippen LogP contribution in [-0.2, 0) is 10.0 Å². The normalized spacial score (nSPS) is 17.1. The fourth-order valence-electron chi connectivity index (χ4n) is 2.76. The second-order valence-electron chi connectivity index (χ2n) is 5.57. The summed E-state index contributed by atoms with van der Waals surface area (Å²) < 4.78 is 24.7. The molecule has 0 radical (unpaired) electrons. The summed E-state index contributed by atoms with van der Waals surface area (Å²) in [4.78, 5) is 13.1. The molecule has 0 aromatic carbocycles. The first-order chi connectivity index (χ1) is 11.0. The molecule has 3 heterocycles. The van der Waals surface area contributed by atoms with E-state index in [0.29, 0.717) is 24.7 Å². The van der Waals surface area contributed by atoms with E-state index >= 15 is 0 Å². The van der Waals surface area contributed by atoms with Crippen molar-refractivity contribution in [3.63, 3.8) is 0 Å². The molecule has 2 aromatic rings. The standard InChI is InChI=1S/C15H19N5O2S/c1-23(21,22)20-10-5-12(6-11-20)14-15(18-9-8-17-14)19-13-4-2-3-7-16-13/h2-4,7-9,12H,5-6,10-11H2,1H3,(H,16,18,19). The fraction of sp³-hybridized carbons (Fsp3) is 0.400. The fourth-order valence-corrected chi connectivity index (χ4v) is 3.64. The summed E-state index contributed by atoms with van der Waals surface area (Å²) in [6.07, 6.45) is 7.75. The molecular weight excluding hydrogens is 314 g/mol. The van der Waals surface area contributed by atoms with Crippen molar-refractivity contribution in [1.29, 1.82) is 0 Å². The quantitative estimate of drug-likeness (QED) is 0.917. The monoisotopic (exact) mass is 333 g/mol. The van der Waals surface area contributed by atoms with Crippen LogP contribution in [0.1, 0.15) is 24.5 Å². The maximum Gasteiger partial charge on any atom is 0.211 e. The van der Waals surface area contributed by atoms with Gasteiger partial charge in [-0.1, -0.05) is 6.07 Å². The van der Waals surface area contributed by atoms with E-state index < -0.39 is 10.0 Å². The van der Waals surface area contributed by atoms with Crippen molar-refractivity contribution >= 4 is 21.7 Å². The lowest BCUT2D eigenvalue weighted by Crippen LogP contribution is -2.37. The second kappa shape index (κ2) is 6.59. The van der Waals surface area contributed by atoms with E-state index in [4.69, 9.17) is 0 Å². The summed E-state index contributed by atoms with van der Waals surface area (Å²) in [5.74, 6) is 1.58. The van der Waals surface area contributed by atoms with Gasteiger partial charge in [0.2, 0.25) is 10.0 Å². The zero-order chi connectivity index (χ0) is 16.3. The average molecular weight is 333 g/mol. The molecule has 23 heavy (non-hydrogen) atoms. The van der Waals surface area contributed by atoms with Gasteiger partial charge in [-0.25, -0.2) is 22.7 Å². The summed E-state index contributed by atoms with van der Waals surface area (Å²) in [5.41, 5.74) is 0.867. The molecule has 1 fully saturated rings. The summed E-state index contributed by atoms with van der Waals surface area (Å²) in [6, 6.07) is 5.62. The molecule has 0 saturated carbocycles.